The monoisotopic (exact) mass is 381 g/mol. The number of Topliss-reactive ketones (excluding diaryl/α,β-unsaturated/α-hetero) is 1. The van der Waals surface area contributed by atoms with Gasteiger partial charge < -0.3 is 9.67 Å². The van der Waals surface area contributed by atoms with E-state index in [1.54, 1.807) is 0 Å². The molecule has 1 aromatic heterocycles. The Balaban J connectivity index is 1.82. The highest BCUT2D eigenvalue weighted by Gasteiger charge is 2.34. The predicted octanol–water partition coefficient (Wildman–Crippen LogP) is 4.62. The van der Waals surface area contributed by atoms with Crippen molar-refractivity contribution in [2.24, 2.45) is 13.0 Å². The number of para-hydroxylation sites is 1. The van der Waals surface area contributed by atoms with Gasteiger partial charge in [-0.05, 0) is 42.7 Å². The van der Waals surface area contributed by atoms with E-state index in [1.807, 2.05) is 12.1 Å². The molecule has 0 aliphatic carbocycles. The molecule has 0 spiro atoms. The maximum absolute atomic E-state index is 12.5. The standard InChI is InChI=1S/C21H19NO2S2/c1-12-4-3-5-14-16-10-13(6-7-17(16)22(2)19(12)14)11-18-20(24)15(8-9-23)21(25)26-18/h3-7,10-11,15,23H,8-9H2,1-2H3/b18-11-. The van der Waals surface area contributed by atoms with Crippen molar-refractivity contribution in [1.82, 2.24) is 4.57 Å². The van der Waals surface area contributed by atoms with Gasteiger partial charge in [0.05, 0.1) is 20.5 Å². The van der Waals surface area contributed by atoms with Gasteiger partial charge in [0.15, 0.2) is 5.78 Å². The van der Waals surface area contributed by atoms with E-state index in [0.29, 0.717) is 15.5 Å². The molecule has 132 valence electrons. The largest absolute Gasteiger partial charge is 0.396 e. The lowest BCUT2D eigenvalue weighted by molar-refractivity contribution is -0.116. The van der Waals surface area contributed by atoms with Gasteiger partial charge in [-0.1, -0.05) is 48.2 Å². The van der Waals surface area contributed by atoms with E-state index in [9.17, 15) is 4.79 Å². The SMILES string of the molecule is Cc1cccc2c3cc(/C=C4\SC(=S)C(CCO)C4=O)ccc3n(C)c12. The average Bonchev–Trinajstić information content (AvgIpc) is 3.05. The summed E-state index contributed by atoms with van der Waals surface area (Å²) in [4.78, 5) is 13.2. The van der Waals surface area contributed by atoms with Crippen LogP contribution in [-0.4, -0.2) is 26.3 Å². The number of allylic oxidation sites excluding steroid dienone is 1. The van der Waals surface area contributed by atoms with Crippen LogP contribution in [0.4, 0.5) is 0 Å². The summed E-state index contributed by atoms with van der Waals surface area (Å²) in [6.07, 6.45) is 2.33. The third-order valence-corrected chi connectivity index (χ3v) is 6.57. The second kappa shape index (κ2) is 6.65. The Morgan fingerprint density at radius 3 is 2.85 bits per heavy atom. The Morgan fingerprint density at radius 1 is 1.27 bits per heavy atom. The molecule has 4 rings (SSSR count). The fourth-order valence-corrected chi connectivity index (χ4v) is 5.25. The summed E-state index contributed by atoms with van der Waals surface area (Å²) in [6, 6.07) is 12.6. The van der Waals surface area contributed by atoms with Crippen LogP contribution in [-0.2, 0) is 11.8 Å². The van der Waals surface area contributed by atoms with E-state index in [2.05, 4.69) is 48.9 Å². The van der Waals surface area contributed by atoms with Crippen molar-refractivity contribution in [3.63, 3.8) is 0 Å². The zero-order chi connectivity index (χ0) is 18.4. The molecule has 1 aliphatic rings. The maximum Gasteiger partial charge on any atom is 0.178 e. The number of hydrogen-bond acceptors (Lipinski definition) is 4. The number of aliphatic hydroxyl groups excluding tert-OH is 1. The highest BCUT2D eigenvalue weighted by molar-refractivity contribution is 8.27. The van der Waals surface area contributed by atoms with Crippen molar-refractivity contribution >= 4 is 61.8 Å². The minimum absolute atomic E-state index is 0.0221. The first-order valence-electron chi connectivity index (χ1n) is 8.57. The van der Waals surface area contributed by atoms with Gasteiger partial charge >= 0.3 is 0 Å². The molecule has 0 radical (unpaired) electrons. The van der Waals surface area contributed by atoms with E-state index < -0.39 is 0 Å². The van der Waals surface area contributed by atoms with Gasteiger partial charge in [-0.2, -0.15) is 0 Å². The number of thiocarbonyl (C=S) groups is 1. The summed E-state index contributed by atoms with van der Waals surface area (Å²) in [6.45, 7) is 2.10. The molecule has 0 saturated carbocycles. The number of carbonyl (C=O) groups is 1. The molecule has 0 bridgehead atoms. The quantitative estimate of drug-likeness (QED) is 0.531. The number of rotatable bonds is 3. The first-order chi connectivity index (χ1) is 12.5. The van der Waals surface area contributed by atoms with Gasteiger partial charge in [0.1, 0.15) is 0 Å². The molecular formula is C21H19NO2S2. The fourth-order valence-electron chi connectivity index (χ4n) is 3.73. The molecule has 3 aromatic rings. The zero-order valence-corrected chi connectivity index (χ0v) is 16.3. The van der Waals surface area contributed by atoms with Gasteiger partial charge in [-0.3, -0.25) is 4.79 Å². The number of aromatic nitrogens is 1. The lowest BCUT2D eigenvalue weighted by Gasteiger charge is -2.03. The van der Waals surface area contributed by atoms with E-state index in [4.69, 9.17) is 17.3 Å². The minimum atomic E-state index is -0.338. The number of carbonyl (C=O) groups excluding carboxylic acids is 1. The molecule has 1 fully saturated rings. The van der Waals surface area contributed by atoms with E-state index >= 15 is 0 Å². The minimum Gasteiger partial charge on any atom is -0.396 e. The Hall–Kier alpha value is -1.95. The molecule has 1 aliphatic heterocycles. The number of hydrogen-bond donors (Lipinski definition) is 1. The molecule has 1 saturated heterocycles. The molecule has 1 unspecified atom stereocenters. The molecule has 1 atom stereocenters. The average molecular weight is 382 g/mol. The highest BCUT2D eigenvalue weighted by atomic mass is 32.2. The number of aryl methyl sites for hydroxylation is 2. The summed E-state index contributed by atoms with van der Waals surface area (Å²) in [7, 11) is 2.09. The van der Waals surface area contributed by atoms with Gasteiger partial charge in [0, 0.05) is 29.9 Å². The van der Waals surface area contributed by atoms with Crippen molar-refractivity contribution in [3.8, 4) is 0 Å². The van der Waals surface area contributed by atoms with Gasteiger partial charge in [-0.25, -0.2) is 0 Å². The molecule has 26 heavy (non-hydrogen) atoms. The third kappa shape index (κ3) is 2.71. The number of benzene rings is 2. The Bertz CT molecular complexity index is 1090. The lowest BCUT2D eigenvalue weighted by atomic mass is 10.0. The Kier molecular flexibility index (Phi) is 4.47. The van der Waals surface area contributed by atoms with Crippen molar-refractivity contribution in [2.45, 2.75) is 13.3 Å². The van der Waals surface area contributed by atoms with E-state index in [0.717, 1.165) is 5.56 Å². The maximum atomic E-state index is 12.5. The van der Waals surface area contributed by atoms with Gasteiger partial charge in [0.25, 0.3) is 0 Å². The lowest BCUT2D eigenvalue weighted by Crippen LogP contribution is -2.14. The molecule has 5 heteroatoms. The molecular weight excluding hydrogens is 362 g/mol. The van der Waals surface area contributed by atoms with Crippen LogP contribution < -0.4 is 0 Å². The van der Waals surface area contributed by atoms with E-state index in [-0.39, 0.29) is 18.3 Å². The number of thioether (sulfide) groups is 1. The van der Waals surface area contributed by atoms with Crippen molar-refractivity contribution < 1.29 is 9.90 Å². The summed E-state index contributed by atoms with van der Waals surface area (Å²) in [5.74, 6) is -0.307. The predicted molar refractivity (Wildman–Crippen MR) is 114 cm³/mol. The fraction of sp³-hybridized carbons (Fsp3) is 0.238. The summed E-state index contributed by atoms with van der Waals surface area (Å²) >= 11 is 6.68. The Morgan fingerprint density at radius 2 is 2.08 bits per heavy atom. The summed E-state index contributed by atoms with van der Waals surface area (Å²) in [5, 5.41) is 11.5. The summed E-state index contributed by atoms with van der Waals surface area (Å²) < 4.78 is 2.89. The molecule has 3 nitrogen and oxygen atoms in total. The van der Waals surface area contributed by atoms with Gasteiger partial charge in [-0.15, -0.1) is 0 Å². The van der Waals surface area contributed by atoms with Crippen molar-refractivity contribution in [2.75, 3.05) is 6.61 Å². The zero-order valence-electron chi connectivity index (χ0n) is 14.7. The second-order valence-electron chi connectivity index (χ2n) is 6.67. The topological polar surface area (TPSA) is 42.2 Å². The van der Waals surface area contributed by atoms with Crippen molar-refractivity contribution in [3.05, 3.63) is 52.4 Å². The highest BCUT2D eigenvalue weighted by Crippen LogP contribution is 2.38. The first kappa shape index (κ1) is 17.5. The number of aliphatic hydroxyl groups is 1. The first-order valence-corrected chi connectivity index (χ1v) is 9.80. The Labute approximate surface area is 161 Å². The molecule has 2 heterocycles. The summed E-state index contributed by atoms with van der Waals surface area (Å²) in [5.41, 5.74) is 4.66. The number of ketones is 1. The third-order valence-electron chi connectivity index (χ3n) is 5.02. The van der Waals surface area contributed by atoms with Gasteiger partial charge in [0.2, 0.25) is 0 Å². The van der Waals surface area contributed by atoms with Crippen LogP contribution in [0.15, 0.2) is 41.3 Å². The van der Waals surface area contributed by atoms with Crippen molar-refractivity contribution in [1.29, 1.82) is 0 Å². The van der Waals surface area contributed by atoms with Crippen LogP contribution in [0.1, 0.15) is 17.5 Å². The second-order valence-corrected chi connectivity index (χ2v) is 8.45. The normalized spacial score (nSPS) is 19.3. The van der Waals surface area contributed by atoms with E-state index in [1.165, 1.54) is 39.1 Å². The number of nitrogens with zero attached hydrogens (tertiary/aromatic N) is 1. The van der Waals surface area contributed by atoms with Crippen LogP contribution in [0.3, 0.4) is 0 Å². The molecule has 0 amide bonds. The van der Waals surface area contributed by atoms with Crippen LogP contribution in [0.2, 0.25) is 0 Å². The number of fused-ring (bicyclic) bond motifs is 3. The molecule has 2 aromatic carbocycles. The smallest absolute Gasteiger partial charge is 0.178 e. The van der Waals surface area contributed by atoms with Crippen LogP contribution in [0.25, 0.3) is 27.9 Å². The van der Waals surface area contributed by atoms with Crippen LogP contribution in [0, 0.1) is 12.8 Å². The van der Waals surface area contributed by atoms with Crippen LogP contribution >= 0.6 is 24.0 Å². The van der Waals surface area contributed by atoms with Crippen LogP contribution in [0.5, 0.6) is 0 Å². The molecule has 1 N–H and O–H groups in total.